The number of rotatable bonds is 6. The summed E-state index contributed by atoms with van der Waals surface area (Å²) in [5, 5.41) is 9.44. The fourth-order valence-electron chi connectivity index (χ4n) is 3.16. The number of amides is 3. The van der Waals surface area contributed by atoms with Gasteiger partial charge in [-0.25, -0.2) is 14.5 Å². The van der Waals surface area contributed by atoms with Crippen molar-refractivity contribution >= 4 is 23.0 Å². The molecule has 3 amide bonds. The number of imide groups is 1. The van der Waals surface area contributed by atoms with Crippen LogP contribution in [0.5, 0.6) is 0 Å². The normalized spacial score (nSPS) is 11.1. The largest absolute Gasteiger partial charge is 0.338 e. The number of aryl methyl sites for hydroxylation is 2. The van der Waals surface area contributed by atoms with Crippen molar-refractivity contribution in [3.63, 3.8) is 0 Å². The van der Waals surface area contributed by atoms with E-state index in [1.165, 1.54) is 12.5 Å². The Morgan fingerprint density at radius 1 is 1.13 bits per heavy atom. The highest BCUT2D eigenvalue weighted by Gasteiger charge is 2.15. The quantitative estimate of drug-likeness (QED) is 0.646. The number of nitrogens with zero attached hydrogens (tertiary/aromatic N) is 4. The molecule has 0 aliphatic carbocycles. The Morgan fingerprint density at radius 3 is 2.50 bits per heavy atom. The summed E-state index contributed by atoms with van der Waals surface area (Å²) in [4.78, 5) is 41.0. The minimum atomic E-state index is -0.595. The molecule has 0 radical (unpaired) electrons. The first-order valence-electron chi connectivity index (χ1n) is 9.84. The number of benzene rings is 1. The summed E-state index contributed by atoms with van der Waals surface area (Å²) < 4.78 is 2.76. The fraction of sp³-hybridized carbons (Fsp3) is 0.381. The van der Waals surface area contributed by atoms with E-state index in [4.69, 9.17) is 0 Å². The molecule has 1 aromatic carbocycles. The number of nitrogens with one attached hydrogen (secondary N) is 2. The van der Waals surface area contributed by atoms with E-state index in [1.807, 2.05) is 45.9 Å². The third-order valence-electron chi connectivity index (χ3n) is 4.58. The van der Waals surface area contributed by atoms with Gasteiger partial charge in [-0.3, -0.25) is 19.5 Å². The monoisotopic (exact) mass is 410 g/mol. The number of aromatic nitrogens is 4. The lowest BCUT2D eigenvalue weighted by molar-refractivity contribution is -0.120. The molecule has 3 rings (SSSR count). The lowest BCUT2D eigenvalue weighted by Gasteiger charge is -2.09. The topological polar surface area (TPSA) is 111 Å². The molecule has 0 bridgehead atoms. The maximum atomic E-state index is 12.8. The Bertz CT molecular complexity index is 1130. The Labute approximate surface area is 174 Å². The number of urea groups is 1. The van der Waals surface area contributed by atoms with Crippen LogP contribution in [-0.4, -0.2) is 37.8 Å². The van der Waals surface area contributed by atoms with Crippen LogP contribution in [0.2, 0.25) is 0 Å². The number of carbonyl (C=O) groups is 2. The standard InChI is InChI=1S/C21H26N6O3/c1-13(2)5-6-22-21(30)25-18(28)11-26-12-23-19-17(20(26)29)10-24-27(19)16-8-14(3)7-15(4)9-16/h7-10,12-13H,5-6,11H2,1-4H3,(H2,22,25,28,30). The number of hydrogen-bond donors (Lipinski definition) is 2. The first kappa shape index (κ1) is 21.2. The lowest BCUT2D eigenvalue weighted by Crippen LogP contribution is -2.42. The van der Waals surface area contributed by atoms with Crippen LogP contribution in [0.15, 0.2) is 35.5 Å². The van der Waals surface area contributed by atoms with Gasteiger partial charge in [-0.15, -0.1) is 0 Å². The molecular weight excluding hydrogens is 384 g/mol. The molecular formula is C21H26N6O3. The summed E-state index contributed by atoms with van der Waals surface area (Å²) in [7, 11) is 0. The molecule has 2 N–H and O–H groups in total. The molecule has 9 heteroatoms. The molecule has 0 saturated carbocycles. The molecule has 0 saturated heterocycles. The van der Waals surface area contributed by atoms with Crippen LogP contribution in [0, 0.1) is 19.8 Å². The Hall–Kier alpha value is -3.49. The number of carbonyl (C=O) groups excluding carboxylic acids is 2. The second kappa shape index (κ2) is 8.89. The second-order valence-corrected chi connectivity index (χ2v) is 7.80. The van der Waals surface area contributed by atoms with E-state index >= 15 is 0 Å². The van der Waals surface area contributed by atoms with Crippen LogP contribution >= 0.6 is 0 Å². The molecule has 30 heavy (non-hydrogen) atoms. The van der Waals surface area contributed by atoms with E-state index in [1.54, 1.807) is 4.68 Å². The summed E-state index contributed by atoms with van der Waals surface area (Å²) in [6, 6.07) is 5.38. The van der Waals surface area contributed by atoms with Gasteiger partial charge in [0.25, 0.3) is 5.56 Å². The van der Waals surface area contributed by atoms with Crippen LogP contribution in [0.3, 0.4) is 0 Å². The van der Waals surface area contributed by atoms with Gasteiger partial charge < -0.3 is 5.32 Å². The molecule has 158 valence electrons. The van der Waals surface area contributed by atoms with Gasteiger partial charge in [0.1, 0.15) is 18.3 Å². The summed E-state index contributed by atoms with van der Waals surface area (Å²) in [5.74, 6) is -0.149. The van der Waals surface area contributed by atoms with E-state index in [2.05, 4.69) is 20.7 Å². The molecule has 9 nitrogen and oxygen atoms in total. The van der Waals surface area contributed by atoms with E-state index in [-0.39, 0.29) is 6.54 Å². The average Bonchev–Trinajstić information content (AvgIpc) is 3.07. The van der Waals surface area contributed by atoms with Gasteiger partial charge in [-0.05, 0) is 49.4 Å². The van der Waals surface area contributed by atoms with Crippen molar-refractivity contribution in [2.75, 3.05) is 6.54 Å². The lowest BCUT2D eigenvalue weighted by atomic mass is 10.1. The minimum Gasteiger partial charge on any atom is -0.338 e. The molecule has 2 heterocycles. The zero-order chi connectivity index (χ0) is 21.8. The van der Waals surface area contributed by atoms with Crippen LogP contribution < -0.4 is 16.2 Å². The Balaban J connectivity index is 1.76. The van der Waals surface area contributed by atoms with Crippen LogP contribution in [0.4, 0.5) is 4.79 Å². The zero-order valence-electron chi connectivity index (χ0n) is 17.6. The minimum absolute atomic E-state index is 0.297. The molecule has 0 atom stereocenters. The van der Waals surface area contributed by atoms with Crippen molar-refractivity contribution in [3.05, 3.63) is 52.2 Å². The van der Waals surface area contributed by atoms with Crippen LogP contribution in [0.1, 0.15) is 31.4 Å². The molecule has 0 spiro atoms. The fourth-order valence-corrected chi connectivity index (χ4v) is 3.16. The summed E-state index contributed by atoms with van der Waals surface area (Å²) in [5.41, 5.74) is 2.97. The van der Waals surface area contributed by atoms with E-state index in [9.17, 15) is 14.4 Å². The van der Waals surface area contributed by atoms with Gasteiger partial charge in [-0.2, -0.15) is 5.10 Å². The molecule has 0 aliphatic rings. The van der Waals surface area contributed by atoms with Crippen molar-refractivity contribution in [3.8, 4) is 5.69 Å². The van der Waals surface area contributed by atoms with Gasteiger partial charge in [0.05, 0.1) is 11.9 Å². The van der Waals surface area contributed by atoms with Crippen LogP contribution in [0.25, 0.3) is 16.7 Å². The third-order valence-corrected chi connectivity index (χ3v) is 4.58. The predicted octanol–water partition coefficient (Wildman–Crippen LogP) is 2.07. The summed E-state index contributed by atoms with van der Waals surface area (Å²) >= 11 is 0. The van der Waals surface area contributed by atoms with Gasteiger partial charge in [0.15, 0.2) is 5.65 Å². The second-order valence-electron chi connectivity index (χ2n) is 7.80. The highest BCUT2D eigenvalue weighted by molar-refractivity contribution is 5.94. The van der Waals surface area contributed by atoms with Crippen molar-refractivity contribution in [2.45, 2.75) is 40.7 Å². The van der Waals surface area contributed by atoms with Crippen LogP contribution in [-0.2, 0) is 11.3 Å². The molecule has 3 aromatic rings. The average molecular weight is 410 g/mol. The van der Waals surface area contributed by atoms with Crippen molar-refractivity contribution in [1.82, 2.24) is 30.0 Å². The summed E-state index contributed by atoms with van der Waals surface area (Å²) in [6.45, 7) is 8.22. The van der Waals surface area contributed by atoms with Crippen molar-refractivity contribution in [1.29, 1.82) is 0 Å². The highest BCUT2D eigenvalue weighted by Crippen LogP contribution is 2.17. The summed E-state index contributed by atoms with van der Waals surface area (Å²) in [6.07, 6.45) is 3.54. The molecule has 2 aromatic heterocycles. The Morgan fingerprint density at radius 2 is 1.83 bits per heavy atom. The van der Waals surface area contributed by atoms with Gasteiger partial charge in [0, 0.05) is 6.54 Å². The van der Waals surface area contributed by atoms with E-state index in [0.717, 1.165) is 27.8 Å². The SMILES string of the molecule is Cc1cc(C)cc(-n2ncc3c(=O)n(CC(=O)NC(=O)NCCC(C)C)cnc32)c1. The molecule has 0 fully saturated rings. The highest BCUT2D eigenvalue weighted by atomic mass is 16.2. The molecule has 0 aliphatic heterocycles. The third kappa shape index (κ3) is 4.91. The Kier molecular flexibility index (Phi) is 6.29. The van der Waals surface area contributed by atoms with Crippen molar-refractivity contribution < 1.29 is 9.59 Å². The molecule has 0 unspecified atom stereocenters. The van der Waals surface area contributed by atoms with E-state index in [0.29, 0.717) is 23.5 Å². The maximum Gasteiger partial charge on any atom is 0.321 e. The predicted molar refractivity (Wildman–Crippen MR) is 114 cm³/mol. The zero-order valence-corrected chi connectivity index (χ0v) is 17.6. The van der Waals surface area contributed by atoms with Gasteiger partial charge in [-0.1, -0.05) is 19.9 Å². The first-order valence-corrected chi connectivity index (χ1v) is 9.84. The van der Waals surface area contributed by atoms with Gasteiger partial charge in [0.2, 0.25) is 5.91 Å². The number of fused-ring (bicyclic) bond motifs is 1. The van der Waals surface area contributed by atoms with Gasteiger partial charge >= 0.3 is 6.03 Å². The van der Waals surface area contributed by atoms with Crippen molar-refractivity contribution in [2.24, 2.45) is 5.92 Å². The smallest absolute Gasteiger partial charge is 0.321 e. The van der Waals surface area contributed by atoms with E-state index < -0.39 is 17.5 Å². The first-order chi connectivity index (χ1) is 14.2. The number of hydrogen-bond acceptors (Lipinski definition) is 5. The maximum absolute atomic E-state index is 12.8.